The van der Waals surface area contributed by atoms with Crippen molar-refractivity contribution in [2.45, 2.75) is 44.2 Å². The molecule has 1 aliphatic rings. The topological polar surface area (TPSA) is 104 Å². The van der Waals surface area contributed by atoms with E-state index in [0.717, 1.165) is 0 Å². The zero-order chi connectivity index (χ0) is 14.3. The Balaban J connectivity index is 2.08. The molecule has 104 valence electrons. The summed E-state index contributed by atoms with van der Waals surface area (Å²) in [6, 6.07) is 0. The predicted octanol–water partition coefficient (Wildman–Crippen LogP) is 1.25. The van der Waals surface area contributed by atoms with E-state index in [2.05, 4.69) is 15.3 Å². The van der Waals surface area contributed by atoms with E-state index in [1.165, 1.54) is 6.33 Å². The highest BCUT2D eigenvalue weighted by Gasteiger charge is 2.63. The van der Waals surface area contributed by atoms with Gasteiger partial charge in [0, 0.05) is 17.8 Å². The molecule has 0 aromatic carbocycles. The highest BCUT2D eigenvalue weighted by molar-refractivity contribution is 5.89. The number of imidazole rings is 1. The molecule has 1 fully saturated rings. The van der Waals surface area contributed by atoms with Gasteiger partial charge in [0.2, 0.25) is 0 Å². The van der Waals surface area contributed by atoms with Crippen LogP contribution in [0.2, 0.25) is 0 Å². The fraction of sp³-hybridized carbons (Fsp3) is 0.583. The maximum Gasteiger partial charge on any atom is 0.408 e. The second kappa shape index (κ2) is 4.25. The molecule has 7 nitrogen and oxygen atoms in total. The first-order chi connectivity index (χ1) is 8.74. The molecule has 1 aliphatic carbocycles. The molecule has 1 aromatic rings. The number of nitrogens with one attached hydrogen (secondary N) is 2. The van der Waals surface area contributed by atoms with Crippen LogP contribution in [-0.4, -0.2) is 38.3 Å². The molecule has 1 saturated carbocycles. The summed E-state index contributed by atoms with van der Waals surface area (Å²) in [5.41, 5.74) is -1.27. The van der Waals surface area contributed by atoms with Crippen LogP contribution >= 0.6 is 0 Å². The van der Waals surface area contributed by atoms with E-state index in [-0.39, 0.29) is 5.92 Å². The lowest BCUT2D eigenvalue weighted by Crippen LogP contribution is -2.46. The first kappa shape index (κ1) is 13.4. The number of ether oxygens (including phenoxy) is 1. The van der Waals surface area contributed by atoms with Crippen molar-refractivity contribution >= 4 is 12.1 Å². The van der Waals surface area contributed by atoms with Crippen LogP contribution in [0.1, 0.15) is 38.8 Å². The highest BCUT2D eigenvalue weighted by atomic mass is 16.6. The number of hydrogen-bond acceptors (Lipinski definition) is 4. The van der Waals surface area contributed by atoms with Gasteiger partial charge in [-0.1, -0.05) is 0 Å². The third kappa shape index (κ3) is 2.69. The van der Waals surface area contributed by atoms with Crippen molar-refractivity contribution in [3.05, 3.63) is 18.2 Å². The minimum absolute atomic E-state index is 0.306. The first-order valence-electron chi connectivity index (χ1n) is 5.97. The number of hydrogen-bond donors (Lipinski definition) is 3. The average molecular weight is 267 g/mol. The SMILES string of the molecule is CC(C)(C)OC(=O)NC1(C(=O)O)CC1c1cnc[nH]1. The standard InChI is InChI=1S/C12H17N3O4/c1-11(2,3)19-10(18)15-12(9(16)17)4-7(12)8-5-13-6-14-8/h5-7H,4H2,1-3H3,(H,13,14)(H,15,18)(H,16,17). The summed E-state index contributed by atoms with van der Waals surface area (Å²) in [6.45, 7) is 5.16. The van der Waals surface area contributed by atoms with E-state index < -0.39 is 23.2 Å². The number of carboxylic acids is 1. The summed E-state index contributed by atoms with van der Waals surface area (Å²) in [7, 11) is 0. The fourth-order valence-electron chi connectivity index (χ4n) is 2.01. The van der Waals surface area contributed by atoms with Gasteiger partial charge >= 0.3 is 12.1 Å². The monoisotopic (exact) mass is 267 g/mol. The molecule has 2 atom stereocenters. The number of carbonyl (C=O) groups is 2. The first-order valence-corrected chi connectivity index (χ1v) is 5.97. The van der Waals surface area contributed by atoms with Crippen LogP contribution < -0.4 is 5.32 Å². The van der Waals surface area contributed by atoms with E-state index in [0.29, 0.717) is 12.1 Å². The molecule has 19 heavy (non-hydrogen) atoms. The van der Waals surface area contributed by atoms with Crippen molar-refractivity contribution in [1.82, 2.24) is 15.3 Å². The molecule has 0 aliphatic heterocycles. The Labute approximate surface area is 110 Å². The minimum atomic E-state index is -1.30. The highest BCUT2D eigenvalue weighted by Crippen LogP contribution is 2.51. The zero-order valence-electron chi connectivity index (χ0n) is 11.1. The molecular weight excluding hydrogens is 250 g/mol. The number of H-pyrrole nitrogens is 1. The van der Waals surface area contributed by atoms with E-state index in [1.807, 2.05) is 0 Å². The van der Waals surface area contributed by atoms with Crippen LogP contribution in [0.3, 0.4) is 0 Å². The van der Waals surface area contributed by atoms with Crippen LogP contribution in [-0.2, 0) is 9.53 Å². The Kier molecular flexibility index (Phi) is 3.00. The van der Waals surface area contributed by atoms with Crippen LogP contribution in [0.15, 0.2) is 12.5 Å². The van der Waals surface area contributed by atoms with E-state index in [9.17, 15) is 14.7 Å². The van der Waals surface area contributed by atoms with Gasteiger partial charge in [-0.15, -0.1) is 0 Å². The summed E-state index contributed by atoms with van der Waals surface area (Å²) in [4.78, 5) is 29.8. The Morgan fingerprint density at radius 3 is 2.74 bits per heavy atom. The van der Waals surface area contributed by atoms with Gasteiger partial charge in [-0.05, 0) is 27.2 Å². The molecule has 2 unspecified atom stereocenters. The summed E-state index contributed by atoms with van der Waals surface area (Å²) in [5.74, 6) is -1.38. The maximum atomic E-state index is 11.7. The second-order valence-corrected chi connectivity index (χ2v) is 5.67. The van der Waals surface area contributed by atoms with Gasteiger partial charge in [-0.25, -0.2) is 14.6 Å². The molecule has 1 amide bonds. The lowest BCUT2D eigenvalue weighted by Gasteiger charge is -2.22. The van der Waals surface area contributed by atoms with Crippen molar-refractivity contribution in [1.29, 1.82) is 0 Å². The van der Waals surface area contributed by atoms with Gasteiger partial charge in [0.05, 0.1) is 6.33 Å². The van der Waals surface area contributed by atoms with Gasteiger partial charge in [0.25, 0.3) is 0 Å². The summed E-state index contributed by atoms with van der Waals surface area (Å²) in [5, 5.41) is 11.8. The van der Waals surface area contributed by atoms with Gasteiger partial charge < -0.3 is 20.1 Å². The molecule has 0 radical (unpaired) electrons. The molecule has 0 saturated heterocycles. The number of rotatable bonds is 3. The molecule has 1 aromatic heterocycles. The average Bonchev–Trinajstić information content (AvgIpc) is 2.72. The number of aliphatic carboxylic acids is 1. The van der Waals surface area contributed by atoms with E-state index in [4.69, 9.17) is 4.74 Å². The van der Waals surface area contributed by atoms with E-state index in [1.54, 1.807) is 27.0 Å². The predicted molar refractivity (Wildman–Crippen MR) is 65.7 cm³/mol. The third-order valence-electron chi connectivity index (χ3n) is 2.96. The number of nitrogens with zero attached hydrogens (tertiary/aromatic N) is 1. The Hall–Kier alpha value is -2.05. The summed E-state index contributed by atoms with van der Waals surface area (Å²) >= 11 is 0. The van der Waals surface area contributed by atoms with Crippen molar-refractivity contribution in [2.75, 3.05) is 0 Å². The number of aromatic nitrogens is 2. The van der Waals surface area contributed by atoms with Crippen LogP contribution in [0, 0.1) is 0 Å². The molecule has 1 heterocycles. The lowest BCUT2D eigenvalue weighted by atomic mass is 10.1. The summed E-state index contributed by atoms with van der Waals surface area (Å²) in [6.07, 6.45) is 2.64. The van der Waals surface area contributed by atoms with Gasteiger partial charge in [0.15, 0.2) is 0 Å². The van der Waals surface area contributed by atoms with Crippen molar-refractivity contribution < 1.29 is 19.4 Å². The maximum absolute atomic E-state index is 11.7. The van der Waals surface area contributed by atoms with Gasteiger partial charge in [-0.3, -0.25) is 0 Å². The quantitative estimate of drug-likeness (QED) is 0.764. The number of alkyl carbamates (subject to hydrolysis) is 1. The smallest absolute Gasteiger partial charge is 0.408 e. The lowest BCUT2D eigenvalue weighted by molar-refractivity contribution is -0.140. The normalized spacial score (nSPS) is 25.7. The zero-order valence-corrected chi connectivity index (χ0v) is 11.1. The Morgan fingerprint density at radius 1 is 1.58 bits per heavy atom. The Bertz CT molecular complexity index is 492. The molecule has 0 spiro atoms. The number of aromatic amines is 1. The molecule has 2 rings (SSSR count). The van der Waals surface area contributed by atoms with E-state index >= 15 is 0 Å². The van der Waals surface area contributed by atoms with Gasteiger partial charge in [-0.2, -0.15) is 0 Å². The Morgan fingerprint density at radius 2 is 2.26 bits per heavy atom. The van der Waals surface area contributed by atoms with Crippen LogP contribution in [0.5, 0.6) is 0 Å². The molecule has 0 bridgehead atoms. The summed E-state index contributed by atoms with van der Waals surface area (Å²) < 4.78 is 5.09. The van der Waals surface area contributed by atoms with Crippen LogP contribution in [0.25, 0.3) is 0 Å². The van der Waals surface area contributed by atoms with Crippen molar-refractivity contribution in [2.24, 2.45) is 0 Å². The number of carboxylic acid groups (broad SMARTS) is 1. The fourth-order valence-corrected chi connectivity index (χ4v) is 2.01. The minimum Gasteiger partial charge on any atom is -0.479 e. The van der Waals surface area contributed by atoms with Gasteiger partial charge in [0.1, 0.15) is 11.1 Å². The third-order valence-corrected chi connectivity index (χ3v) is 2.96. The largest absolute Gasteiger partial charge is 0.479 e. The molecule has 7 heteroatoms. The van der Waals surface area contributed by atoms with Crippen molar-refractivity contribution in [3.8, 4) is 0 Å². The number of amides is 1. The second-order valence-electron chi connectivity index (χ2n) is 5.67. The number of carbonyl (C=O) groups excluding carboxylic acids is 1. The molecular formula is C12H17N3O4. The van der Waals surface area contributed by atoms with Crippen LogP contribution in [0.4, 0.5) is 4.79 Å². The molecule has 3 N–H and O–H groups in total. The van der Waals surface area contributed by atoms with Crippen molar-refractivity contribution in [3.63, 3.8) is 0 Å².